The Hall–Kier alpha value is -1.41. The first-order chi connectivity index (χ1) is 10.8. The summed E-state index contributed by atoms with van der Waals surface area (Å²) >= 11 is 1.92. The van der Waals surface area contributed by atoms with Gasteiger partial charge in [-0.25, -0.2) is 0 Å². The van der Waals surface area contributed by atoms with Gasteiger partial charge in [0.2, 0.25) is 0 Å². The molecule has 0 atom stereocenters. The largest absolute Gasteiger partial charge is 0.457 e. The third kappa shape index (κ3) is 5.31. The molecular formula is C21H28OS. The Labute approximate surface area is 145 Å². The monoisotopic (exact) mass is 328 g/mol. The third-order valence-electron chi connectivity index (χ3n) is 3.59. The molecule has 0 saturated heterocycles. The Morgan fingerprint density at radius 2 is 1.43 bits per heavy atom. The lowest BCUT2D eigenvalue weighted by Crippen LogP contribution is -1.95. The first-order valence-electron chi connectivity index (χ1n) is 8.40. The maximum atomic E-state index is 6.05. The molecule has 0 aliphatic heterocycles. The third-order valence-corrected chi connectivity index (χ3v) is 4.94. The first kappa shape index (κ1) is 17.9. The van der Waals surface area contributed by atoms with Gasteiger partial charge in [0.25, 0.3) is 0 Å². The molecule has 0 amide bonds. The highest BCUT2D eigenvalue weighted by Gasteiger charge is 2.09. The maximum Gasteiger partial charge on any atom is 0.128 e. The van der Waals surface area contributed by atoms with Crippen molar-refractivity contribution >= 4 is 11.8 Å². The van der Waals surface area contributed by atoms with Crippen molar-refractivity contribution in [1.82, 2.24) is 0 Å². The number of aryl methyl sites for hydroxylation is 2. The Kier molecular flexibility index (Phi) is 6.17. The van der Waals surface area contributed by atoms with Gasteiger partial charge in [0.15, 0.2) is 0 Å². The molecule has 0 unspecified atom stereocenters. The molecule has 0 fully saturated rings. The fourth-order valence-electron chi connectivity index (χ4n) is 2.69. The number of thioether (sulfide) groups is 1. The van der Waals surface area contributed by atoms with Crippen LogP contribution >= 0.6 is 11.8 Å². The van der Waals surface area contributed by atoms with Gasteiger partial charge in [-0.2, -0.15) is 0 Å². The van der Waals surface area contributed by atoms with Gasteiger partial charge in [0, 0.05) is 10.1 Å². The van der Waals surface area contributed by atoms with Crippen LogP contribution in [0.2, 0.25) is 0 Å². The van der Waals surface area contributed by atoms with Crippen molar-refractivity contribution in [2.24, 2.45) is 5.92 Å². The van der Waals surface area contributed by atoms with E-state index in [-0.39, 0.29) is 0 Å². The molecule has 0 heterocycles. The van der Waals surface area contributed by atoms with Crippen LogP contribution in [-0.4, -0.2) is 5.25 Å². The summed E-state index contributed by atoms with van der Waals surface area (Å²) in [6.45, 7) is 13.3. The summed E-state index contributed by atoms with van der Waals surface area (Å²) in [4.78, 5) is 1.37. The predicted octanol–water partition coefficient (Wildman–Crippen LogP) is 6.79. The Bertz CT molecular complexity index is 618. The average Bonchev–Trinajstić information content (AvgIpc) is 2.44. The smallest absolute Gasteiger partial charge is 0.128 e. The van der Waals surface area contributed by atoms with E-state index in [1.807, 2.05) is 11.8 Å². The second kappa shape index (κ2) is 7.92. The minimum Gasteiger partial charge on any atom is -0.457 e. The van der Waals surface area contributed by atoms with Gasteiger partial charge >= 0.3 is 0 Å². The number of hydrogen-bond acceptors (Lipinski definition) is 2. The molecular weight excluding hydrogens is 300 g/mol. The van der Waals surface area contributed by atoms with Crippen molar-refractivity contribution < 1.29 is 4.74 Å². The lowest BCUT2D eigenvalue weighted by atomic mass is 10.0. The number of ether oxygens (including phenoxy) is 1. The van der Waals surface area contributed by atoms with Gasteiger partial charge in [0.05, 0.1) is 0 Å². The van der Waals surface area contributed by atoms with E-state index >= 15 is 0 Å². The molecule has 0 aliphatic carbocycles. The quantitative estimate of drug-likeness (QED) is 0.540. The second-order valence-corrected chi connectivity index (χ2v) is 8.48. The highest BCUT2D eigenvalue weighted by Crippen LogP contribution is 2.34. The van der Waals surface area contributed by atoms with E-state index < -0.39 is 0 Å². The van der Waals surface area contributed by atoms with E-state index in [1.165, 1.54) is 21.6 Å². The fraction of sp³-hybridized carbons (Fsp3) is 0.429. The van der Waals surface area contributed by atoms with E-state index in [4.69, 9.17) is 4.74 Å². The van der Waals surface area contributed by atoms with Crippen LogP contribution in [0.1, 0.15) is 44.4 Å². The Morgan fingerprint density at radius 3 is 1.91 bits per heavy atom. The van der Waals surface area contributed by atoms with E-state index in [0.29, 0.717) is 11.2 Å². The SMILES string of the molecule is Cc1cc(Oc2ccc(CC(C)C)cc2)cc(C)c1SC(C)C. The zero-order valence-corrected chi connectivity index (χ0v) is 16.0. The van der Waals surface area contributed by atoms with E-state index in [2.05, 4.69) is 77.9 Å². The van der Waals surface area contributed by atoms with Crippen LogP contribution in [0.15, 0.2) is 41.3 Å². The van der Waals surface area contributed by atoms with Crippen molar-refractivity contribution in [2.75, 3.05) is 0 Å². The second-order valence-electron chi connectivity index (χ2n) is 6.90. The van der Waals surface area contributed by atoms with Gasteiger partial charge < -0.3 is 4.74 Å². The van der Waals surface area contributed by atoms with E-state index in [0.717, 1.165) is 17.9 Å². The number of hydrogen-bond donors (Lipinski definition) is 0. The van der Waals surface area contributed by atoms with Crippen LogP contribution in [0.25, 0.3) is 0 Å². The minimum absolute atomic E-state index is 0.590. The van der Waals surface area contributed by atoms with Crippen LogP contribution in [0.4, 0.5) is 0 Å². The summed E-state index contributed by atoms with van der Waals surface area (Å²) in [6, 6.07) is 12.7. The summed E-state index contributed by atoms with van der Waals surface area (Å²) in [7, 11) is 0. The molecule has 0 spiro atoms. The molecule has 0 saturated carbocycles. The molecule has 0 aliphatic rings. The van der Waals surface area contributed by atoms with Crippen molar-refractivity contribution in [3.63, 3.8) is 0 Å². The molecule has 1 nitrogen and oxygen atoms in total. The topological polar surface area (TPSA) is 9.23 Å². The summed E-state index contributed by atoms with van der Waals surface area (Å²) in [5, 5.41) is 0.590. The maximum absolute atomic E-state index is 6.05. The van der Waals surface area contributed by atoms with E-state index in [9.17, 15) is 0 Å². The van der Waals surface area contributed by atoms with Crippen molar-refractivity contribution in [2.45, 2.75) is 58.1 Å². The van der Waals surface area contributed by atoms with Crippen LogP contribution in [0.3, 0.4) is 0 Å². The summed E-state index contributed by atoms with van der Waals surface area (Å²) < 4.78 is 6.05. The average molecular weight is 329 g/mol. The normalized spacial score (nSPS) is 11.3. The molecule has 0 N–H and O–H groups in total. The molecule has 23 heavy (non-hydrogen) atoms. The van der Waals surface area contributed by atoms with Crippen molar-refractivity contribution in [1.29, 1.82) is 0 Å². The first-order valence-corrected chi connectivity index (χ1v) is 9.27. The van der Waals surface area contributed by atoms with Crippen LogP contribution in [0.5, 0.6) is 11.5 Å². The number of benzene rings is 2. The van der Waals surface area contributed by atoms with Gasteiger partial charge in [-0.05, 0) is 67.1 Å². The zero-order valence-electron chi connectivity index (χ0n) is 15.1. The Balaban J connectivity index is 2.14. The molecule has 2 heteroatoms. The highest BCUT2D eigenvalue weighted by molar-refractivity contribution is 8.00. The highest BCUT2D eigenvalue weighted by atomic mass is 32.2. The van der Waals surface area contributed by atoms with Gasteiger partial charge in [-0.3, -0.25) is 0 Å². The summed E-state index contributed by atoms with van der Waals surface area (Å²) in [5.74, 6) is 2.50. The molecule has 0 aromatic heterocycles. The molecule has 0 radical (unpaired) electrons. The van der Waals surface area contributed by atoms with Gasteiger partial charge in [-0.15, -0.1) is 11.8 Å². The van der Waals surface area contributed by atoms with Gasteiger partial charge in [0.1, 0.15) is 11.5 Å². The van der Waals surface area contributed by atoms with Gasteiger partial charge in [-0.1, -0.05) is 39.8 Å². The predicted molar refractivity (Wildman–Crippen MR) is 102 cm³/mol. The standard InChI is InChI=1S/C21H28OS/c1-14(2)11-18-7-9-19(10-8-18)22-20-12-16(5)21(17(6)13-20)23-15(3)4/h7-10,12-15H,11H2,1-6H3. The van der Waals surface area contributed by atoms with Crippen LogP contribution in [0, 0.1) is 19.8 Å². The summed E-state index contributed by atoms with van der Waals surface area (Å²) in [6.07, 6.45) is 1.11. The Morgan fingerprint density at radius 1 is 0.870 bits per heavy atom. The molecule has 2 aromatic carbocycles. The molecule has 124 valence electrons. The lowest BCUT2D eigenvalue weighted by molar-refractivity contribution is 0.481. The lowest BCUT2D eigenvalue weighted by Gasteiger charge is -2.15. The van der Waals surface area contributed by atoms with Crippen LogP contribution in [-0.2, 0) is 6.42 Å². The zero-order chi connectivity index (χ0) is 17.0. The minimum atomic E-state index is 0.590. The van der Waals surface area contributed by atoms with E-state index in [1.54, 1.807) is 0 Å². The summed E-state index contributed by atoms with van der Waals surface area (Å²) in [5.41, 5.74) is 3.94. The fourth-order valence-corrected chi connectivity index (χ4v) is 3.65. The molecule has 2 rings (SSSR count). The number of rotatable bonds is 6. The van der Waals surface area contributed by atoms with Crippen LogP contribution < -0.4 is 4.74 Å². The van der Waals surface area contributed by atoms with Crippen molar-refractivity contribution in [3.8, 4) is 11.5 Å². The molecule has 2 aromatic rings. The van der Waals surface area contributed by atoms with Crippen molar-refractivity contribution in [3.05, 3.63) is 53.1 Å². The molecule has 0 bridgehead atoms.